The Kier molecular flexibility index (Phi) is 8.89. The molecule has 0 radical (unpaired) electrons. The predicted octanol–water partition coefficient (Wildman–Crippen LogP) is 4.47. The van der Waals surface area contributed by atoms with E-state index >= 15 is 0 Å². The largest absolute Gasteiger partial charge is 0.494 e. The van der Waals surface area contributed by atoms with Crippen LogP contribution in [0.2, 0.25) is 0 Å². The number of anilines is 1. The van der Waals surface area contributed by atoms with Gasteiger partial charge in [-0.3, -0.25) is 9.59 Å². The van der Waals surface area contributed by atoms with Crippen molar-refractivity contribution in [3.05, 3.63) is 59.7 Å². The van der Waals surface area contributed by atoms with E-state index < -0.39 is 11.8 Å². The first kappa shape index (κ1) is 22.1. The normalized spacial score (nSPS) is 10.9. The number of ether oxygens (including phenoxy) is 1. The molecule has 2 aromatic rings. The number of hydrazone groups is 1. The van der Waals surface area contributed by atoms with Crippen molar-refractivity contribution in [2.75, 3.05) is 11.9 Å². The van der Waals surface area contributed by atoms with Crippen molar-refractivity contribution in [3.8, 4) is 5.75 Å². The lowest BCUT2D eigenvalue weighted by molar-refractivity contribution is -0.136. The molecule has 0 aliphatic rings. The van der Waals surface area contributed by atoms with Crippen LogP contribution in [0.15, 0.2) is 53.6 Å². The average molecular weight is 396 g/mol. The number of nitrogens with zero attached hydrogens (tertiary/aromatic N) is 1. The van der Waals surface area contributed by atoms with Crippen LogP contribution in [0.3, 0.4) is 0 Å². The van der Waals surface area contributed by atoms with Crippen LogP contribution in [-0.4, -0.2) is 24.6 Å². The second-order valence-electron chi connectivity index (χ2n) is 7.05. The van der Waals surface area contributed by atoms with Crippen molar-refractivity contribution < 1.29 is 14.3 Å². The fourth-order valence-corrected chi connectivity index (χ4v) is 2.55. The van der Waals surface area contributed by atoms with Gasteiger partial charge < -0.3 is 10.1 Å². The first-order valence-corrected chi connectivity index (χ1v) is 9.96. The Morgan fingerprint density at radius 2 is 1.69 bits per heavy atom. The first-order chi connectivity index (χ1) is 14.0. The van der Waals surface area contributed by atoms with Crippen molar-refractivity contribution in [3.63, 3.8) is 0 Å². The van der Waals surface area contributed by atoms with Crippen LogP contribution in [0.1, 0.15) is 57.1 Å². The fraction of sp³-hybridized carbons (Fsp3) is 0.348. The zero-order valence-electron chi connectivity index (χ0n) is 17.3. The molecular weight excluding hydrogens is 366 g/mol. The lowest BCUT2D eigenvalue weighted by Gasteiger charge is -2.07. The highest BCUT2D eigenvalue weighted by Gasteiger charge is 2.12. The van der Waals surface area contributed by atoms with E-state index in [2.05, 4.69) is 36.6 Å². The quantitative estimate of drug-likeness (QED) is 0.285. The number of amides is 2. The summed E-state index contributed by atoms with van der Waals surface area (Å²) in [5, 5.41) is 6.37. The van der Waals surface area contributed by atoms with Crippen molar-refractivity contribution >= 4 is 23.7 Å². The third-order valence-corrected chi connectivity index (χ3v) is 4.32. The van der Waals surface area contributed by atoms with Gasteiger partial charge in [-0.2, -0.15) is 5.10 Å². The van der Waals surface area contributed by atoms with E-state index in [0.29, 0.717) is 18.2 Å². The van der Waals surface area contributed by atoms with Gasteiger partial charge in [0.25, 0.3) is 0 Å². The summed E-state index contributed by atoms with van der Waals surface area (Å²) in [6.45, 7) is 7.05. The molecule has 0 fully saturated rings. The number of hydrogen-bond donors (Lipinski definition) is 2. The lowest BCUT2D eigenvalue weighted by atomic mass is 10.0. The number of nitrogens with one attached hydrogen (secondary N) is 2. The molecular formula is C23H29N3O3. The lowest BCUT2D eigenvalue weighted by Crippen LogP contribution is -2.32. The van der Waals surface area contributed by atoms with Gasteiger partial charge in [0.15, 0.2) is 0 Å². The smallest absolute Gasteiger partial charge is 0.329 e. The molecule has 0 atom stereocenters. The highest BCUT2D eigenvalue weighted by molar-refractivity contribution is 6.39. The number of benzene rings is 2. The maximum Gasteiger partial charge on any atom is 0.329 e. The van der Waals surface area contributed by atoms with Gasteiger partial charge in [0.1, 0.15) is 5.75 Å². The van der Waals surface area contributed by atoms with Gasteiger partial charge >= 0.3 is 11.8 Å². The van der Waals surface area contributed by atoms with Gasteiger partial charge in [-0.05, 0) is 47.7 Å². The van der Waals surface area contributed by atoms with Gasteiger partial charge in [-0.1, -0.05) is 57.9 Å². The molecule has 6 heteroatoms. The van der Waals surface area contributed by atoms with Crippen molar-refractivity contribution in [1.29, 1.82) is 0 Å². The van der Waals surface area contributed by atoms with Gasteiger partial charge in [0.2, 0.25) is 0 Å². The summed E-state index contributed by atoms with van der Waals surface area (Å²) >= 11 is 0. The Morgan fingerprint density at radius 1 is 1.00 bits per heavy atom. The molecule has 2 N–H and O–H groups in total. The molecule has 0 aromatic heterocycles. The van der Waals surface area contributed by atoms with Gasteiger partial charge in [-0.25, -0.2) is 5.43 Å². The molecule has 0 saturated carbocycles. The SMILES string of the molecule is CCCCCOc1ccc(NC(=O)C(=O)N/N=C/c2ccc(C(C)C)cc2)cc1. The third kappa shape index (κ3) is 7.78. The summed E-state index contributed by atoms with van der Waals surface area (Å²) in [5.41, 5.74) is 4.81. The van der Waals surface area contributed by atoms with Crippen LogP contribution >= 0.6 is 0 Å². The first-order valence-electron chi connectivity index (χ1n) is 9.96. The summed E-state index contributed by atoms with van der Waals surface area (Å²) in [7, 11) is 0. The zero-order valence-corrected chi connectivity index (χ0v) is 17.3. The number of carbonyl (C=O) groups excluding carboxylic acids is 2. The molecule has 2 amide bonds. The Hall–Kier alpha value is -3.15. The summed E-state index contributed by atoms with van der Waals surface area (Å²) in [6, 6.07) is 14.8. The molecule has 0 aliphatic carbocycles. The number of rotatable bonds is 9. The minimum Gasteiger partial charge on any atom is -0.494 e. The van der Waals surface area contributed by atoms with E-state index in [0.717, 1.165) is 30.6 Å². The molecule has 2 aromatic carbocycles. The molecule has 2 rings (SSSR count). The highest BCUT2D eigenvalue weighted by atomic mass is 16.5. The van der Waals surface area contributed by atoms with Crippen molar-refractivity contribution in [1.82, 2.24) is 5.43 Å². The Labute approximate surface area is 172 Å². The molecule has 0 bridgehead atoms. The van der Waals surface area contributed by atoms with E-state index in [1.807, 2.05) is 24.3 Å². The Balaban J connectivity index is 1.78. The summed E-state index contributed by atoms with van der Waals surface area (Å²) in [6.07, 6.45) is 4.79. The summed E-state index contributed by atoms with van der Waals surface area (Å²) in [4.78, 5) is 23.9. The van der Waals surface area contributed by atoms with Crippen LogP contribution in [0.25, 0.3) is 0 Å². The monoisotopic (exact) mass is 395 g/mol. The summed E-state index contributed by atoms with van der Waals surface area (Å²) in [5.74, 6) is -0.434. The standard InChI is InChI=1S/C23H29N3O3/c1-4-5-6-15-29-21-13-11-20(12-14-21)25-22(27)23(28)26-24-16-18-7-9-19(10-8-18)17(2)3/h7-14,16-17H,4-6,15H2,1-3H3,(H,25,27)(H,26,28)/b24-16+. The molecule has 6 nitrogen and oxygen atoms in total. The zero-order chi connectivity index (χ0) is 21.1. The van der Waals surface area contributed by atoms with Crippen LogP contribution in [0, 0.1) is 0 Å². The van der Waals surface area contributed by atoms with Crippen molar-refractivity contribution in [2.45, 2.75) is 46.0 Å². The van der Waals surface area contributed by atoms with Gasteiger partial charge in [0, 0.05) is 5.69 Å². The Morgan fingerprint density at radius 3 is 2.31 bits per heavy atom. The number of unbranched alkanes of at least 4 members (excludes halogenated alkanes) is 2. The van der Waals surface area contributed by atoms with Crippen LogP contribution in [-0.2, 0) is 9.59 Å². The minimum absolute atomic E-state index is 0.450. The topological polar surface area (TPSA) is 79.8 Å². The van der Waals surface area contributed by atoms with Gasteiger partial charge in [-0.15, -0.1) is 0 Å². The minimum atomic E-state index is -0.833. The highest BCUT2D eigenvalue weighted by Crippen LogP contribution is 2.16. The van der Waals surface area contributed by atoms with Crippen LogP contribution in [0.4, 0.5) is 5.69 Å². The maximum atomic E-state index is 12.0. The van der Waals surface area contributed by atoms with E-state index in [-0.39, 0.29) is 0 Å². The van der Waals surface area contributed by atoms with E-state index in [4.69, 9.17) is 4.74 Å². The molecule has 0 saturated heterocycles. The average Bonchev–Trinajstić information content (AvgIpc) is 2.72. The van der Waals surface area contributed by atoms with E-state index in [9.17, 15) is 9.59 Å². The molecule has 154 valence electrons. The molecule has 0 heterocycles. The summed E-state index contributed by atoms with van der Waals surface area (Å²) < 4.78 is 5.62. The van der Waals surface area contributed by atoms with Crippen LogP contribution < -0.4 is 15.5 Å². The second kappa shape index (κ2) is 11.6. The van der Waals surface area contributed by atoms with E-state index in [1.165, 1.54) is 11.8 Å². The van der Waals surface area contributed by atoms with E-state index in [1.54, 1.807) is 24.3 Å². The third-order valence-electron chi connectivity index (χ3n) is 4.32. The predicted molar refractivity (Wildman–Crippen MR) is 116 cm³/mol. The molecule has 29 heavy (non-hydrogen) atoms. The Bertz CT molecular complexity index is 812. The number of hydrogen-bond acceptors (Lipinski definition) is 4. The van der Waals surface area contributed by atoms with Gasteiger partial charge in [0.05, 0.1) is 12.8 Å². The maximum absolute atomic E-state index is 12.0. The van der Waals surface area contributed by atoms with Crippen molar-refractivity contribution in [2.24, 2.45) is 5.10 Å². The molecule has 0 aliphatic heterocycles. The molecule has 0 spiro atoms. The van der Waals surface area contributed by atoms with Crippen LogP contribution in [0.5, 0.6) is 5.75 Å². The fourth-order valence-electron chi connectivity index (χ4n) is 2.55. The number of carbonyl (C=O) groups is 2. The molecule has 0 unspecified atom stereocenters. The second-order valence-corrected chi connectivity index (χ2v) is 7.05.